The van der Waals surface area contributed by atoms with Crippen molar-refractivity contribution in [2.24, 2.45) is 0 Å². The molecule has 0 saturated carbocycles. The van der Waals surface area contributed by atoms with Crippen LogP contribution in [0.4, 0.5) is 0 Å². The summed E-state index contributed by atoms with van der Waals surface area (Å²) in [4.78, 5) is 13.7. The van der Waals surface area contributed by atoms with Gasteiger partial charge in [0.15, 0.2) is 5.75 Å². The van der Waals surface area contributed by atoms with Gasteiger partial charge in [0.2, 0.25) is 0 Å². The van der Waals surface area contributed by atoms with Gasteiger partial charge in [-0.25, -0.2) is 9.78 Å². The van der Waals surface area contributed by atoms with E-state index < -0.39 is 32.3 Å². The van der Waals surface area contributed by atoms with Crippen molar-refractivity contribution < 1.29 is 32.7 Å². The second-order valence-corrected chi connectivity index (χ2v) is 11.0. The maximum absolute atomic E-state index is 10.6. The number of nitrogens with zero attached hydrogens (tertiary/aromatic N) is 2. The van der Waals surface area contributed by atoms with Crippen LogP contribution in [0.3, 0.4) is 0 Å². The van der Waals surface area contributed by atoms with Gasteiger partial charge in [-0.2, -0.15) is 8.42 Å². The van der Waals surface area contributed by atoms with Gasteiger partial charge in [0.05, 0.1) is 19.5 Å². The average molecular weight is 634 g/mol. The van der Waals surface area contributed by atoms with Gasteiger partial charge >= 0.3 is 5.97 Å². The summed E-state index contributed by atoms with van der Waals surface area (Å²) in [6, 6.07) is 13.7. The Morgan fingerprint density at radius 1 is 1.00 bits per heavy atom. The quantitative estimate of drug-likeness (QED) is 0.180. The zero-order chi connectivity index (χ0) is 28.7. The Labute approximate surface area is 243 Å². The van der Waals surface area contributed by atoms with Crippen molar-refractivity contribution in [1.29, 1.82) is 0 Å². The minimum absolute atomic E-state index is 0.286. The van der Waals surface area contributed by atoms with Crippen molar-refractivity contribution in [1.82, 2.24) is 9.55 Å². The number of carboxylic acids is 1. The fourth-order valence-corrected chi connectivity index (χ4v) is 4.92. The fraction of sp³-hybridized carbons (Fsp3) is 0.120. The van der Waals surface area contributed by atoms with Gasteiger partial charge < -0.3 is 19.5 Å². The number of aromatic nitrogens is 2. The summed E-state index contributed by atoms with van der Waals surface area (Å²) >= 11 is 24.5. The molecule has 0 bridgehead atoms. The molecule has 1 unspecified atom stereocenters. The van der Waals surface area contributed by atoms with Crippen LogP contribution in [0.5, 0.6) is 5.75 Å². The van der Waals surface area contributed by atoms with E-state index in [1.165, 1.54) is 0 Å². The Morgan fingerprint density at radius 2 is 1.67 bits per heavy atom. The number of benzene rings is 3. The summed E-state index contributed by atoms with van der Waals surface area (Å²) in [5.41, 5.74) is 1.12. The topological polar surface area (TPSA) is 139 Å². The number of imidazole rings is 1. The predicted octanol–water partition coefficient (Wildman–Crippen LogP) is 6.79. The molecule has 0 fully saturated rings. The lowest BCUT2D eigenvalue weighted by atomic mass is 10.1. The van der Waals surface area contributed by atoms with Crippen molar-refractivity contribution in [3.63, 3.8) is 0 Å². The third-order valence-corrected chi connectivity index (χ3v) is 7.24. The molecule has 0 radical (unpaired) electrons. The number of ether oxygens (including phenoxy) is 1. The van der Waals surface area contributed by atoms with Gasteiger partial charge in [0, 0.05) is 38.0 Å². The van der Waals surface area contributed by atoms with Crippen LogP contribution in [0.15, 0.2) is 78.2 Å². The maximum Gasteiger partial charge on any atom is 0.339 e. The van der Waals surface area contributed by atoms with Crippen LogP contribution in [0.25, 0.3) is 0 Å². The van der Waals surface area contributed by atoms with E-state index in [0.29, 0.717) is 33.2 Å². The highest BCUT2D eigenvalue weighted by atomic mass is 35.5. The number of aromatic carboxylic acids is 1. The molecule has 0 saturated heterocycles. The van der Waals surface area contributed by atoms with E-state index in [2.05, 4.69) is 4.98 Å². The fourth-order valence-electron chi connectivity index (χ4n) is 3.32. The SMILES string of the molecule is Clc1ccc(COC(Cn2ccnc2)c2ccc(Cl)cc2Cl)c(Cl)c1.O=C(O)c1cccc(S(=O)(=O)O)c1O. The molecule has 206 valence electrons. The third-order valence-electron chi connectivity index (χ3n) is 5.21. The van der Waals surface area contributed by atoms with Gasteiger partial charge in [-0.1, -0.05) is 64.6 Å². The smallest absolute Gasteiger partial charge is 0.339 e. The molecule has 0 amide bonds. The Balaban J connectivity index is 0.000000255. The molecule has 0 aliphatic carbocycles. The molecule has 0 spiro atoms. The van der Waals surface area contributed by atoms with Crippen molar-refractivity contribution in [2.45, 2.75) is 24.2 Å². The van der Waals surface area contributed by atoms with Gasteiger partial charge in [-0.3, -0.25) is 4.55 Å². The van der Waals surface area contributed by atoms with E-state index in [1.807, 2.05) is 22.9 Å². The summed E-state index contributed by atoms with van der Waals surface area (Å²) < 4.78 is 37.9. The first-order valence-electron chi connectivity index (χ1n) is 10.9. The summed E-state index contributed by atoms with van der Waals surface area (Å²) in [5, 5.41) is 20.0. The first-order valence-corrected chi connectivity index (χ1v) is 13.8. The number of hydrogen-bond donors (Lipinski definition) is 3. The number of para-hydroxylation sites is 1. The van der Waals surface area contributed by atoms with E-state index >= 15 is 0 Å². The normalized spacial score (nSPS) is 11.9. The zero-order valence-corrected chi connectivity index (χ0v) is 23.5. The average Bonchev–Trinajstić information content (AvgIpc) is 3.36. The number of halogens is 4. The first-order chi connectivity index (χ1) is 18.4. The number of aromatic hydroxyl groups is 1. The molecule has 1 aromatic heterocycles. The van der Waals surface area contributed by atoms with Gasteiger partial charge in [0.25, 0.3) is 10.1 Å². The van der Waals surface area contributed by atoms with Crippen molar-refractivity contribution >= 4 is 62.5 Å². The second kappa shape index (κ2) is 13.5. The highest BCUT2D eigenvalue weighted by Gasteiger charge is 2.21. The van der Waals surface area contributed by atoms with E-state index in [0.717, 1.165) is 29.3 Å². The minimum atomic E-state index is -4.60. The van der Waals surface area contributed by atoms with Crippen LogP contribution >= 0.6 is 46.4 Å². The largest absolute Gasteiger partial charge is 0.506 e. The van der Waals surface area contributed by atoms with Crippen molar-refractivity contribution in [3.8, 4) is 5.75 Å². The number of rotatable bonds is 8. The van der Waals surface area contributed by atoms with E-state index in [9.17, 15) is 18.3 Å². The molecule has 39 heavy (non-hydrogen) atoms. The number of phenols is 1. The zero-order valence-electron chi connectivity index (χ0n) is 19.7. The van der Waals surface area contributed by atoms with E-state index in [4.69, 9.17) is 60.8 Å². The van der Waals surface area contributed by atoms with Crippen molar-refractivity contribution in [3.05, 3.63) is 110 Å². The summed E-state index contributed by atoms with van der Waals surface area (Å²) in [5.74, 6) is -2.45. The molecule has 9 nitrogen and oxygen atoms in total. The molecule has 14 heteroatoms. The van der Waals surface area contributed by atoms with Crippen LogP contribution in [0.2, 0.25) is 20.1 Å². The number of carboxylic acid groups (broad SMARTS) is 1. The lowest BCUT2D eigenvalue weighted by Crippen LogP contribution is -2.12. The lowest BCUT2D eigenvalue weighted by molar-refractivity contribution is 0.0281. The molecule has 3 aromatic carbocycles. The summed E-state index contributed by atoms with van der Waals surface area (Å²) in [6.07, 6.45) is 5.03. The molecule has 0 aliphatic heterocycles. The van der Waals surface area contributed by atoms with Gasteiger partial charge in [-0.05, 0) is 42.0 Å². The molecule has 4 rings (SSSR count). The molecule has 1 heterocycles. The van der Waals surface area contributed by atoms with Gasteiger partial charge in [-0.15, -0.1) is 0 Å². The Hall–Kier alpha value is -2.83. The molecule has 1 atom stereocenters. The Morgan fingerprint density at radius 3 is 2.23 bits per heavy atom. The Bertz CT molecular complexity index is 1560. The predicted molar refractivity (Wildman–Crippen MR) is 148 cm³/mol. The molecular formula is C25H20Cl4N2O7S. The van der Waals surface area contributed by atoms with Crippen LogP contribution < -0.4 is 0 Å². The third kappa shape index (κ3) is 8.58. The molecular weight excluding hydrogens is 614 g/mol. The minimum Gasteiger partial charge on any atom is -0.506 e. The summed E-state index contributed by atoms with van der Waals surface area (Å²) in [7, 11) is -4.60. The molecule has 3 N–H and O–H groups in total. The van der Waals surface area contributed by atoms with Crippen LogP contribution in [0.1, 0.15) is 27.6 Å². The van der Waals surface area contributed by atoms with Gasteiger partial charge in [0.1, 0.15) is 16.6 Å². The van der Waals surface area contributed by atoms with E-state index in [-0.39, 0.29) is 6.10 Å². The standard InChI is InChI=1S/C18H14Cl4N2O.C7H6O6S/c19-13-2-1-12(16(21)7-13)10-25-18(9-24-6-5-23-11-24)15-4-3-14(20)8-17(15)22;8-6-4(7(9)10)2-1-3-5(6)14(11,12)13/h1-8,11,18H,9-10H2;1-3,8H,(H,9,10)(H,11,12,13). The lowest BCUT2D eigenvalue weighted by Gasteiger charge is -2.21. The monoisotopic (exact) mass is 632 g/mol. The second-order valence-electron chi connectivity index (χ2n) is 7.89. The van der Waals surface area contributed by atoms with Crippen LogP contribution in [-0.2, 0) is 28.0 Å². The molecule has 0 aliphatic rings. The summed E-state index contributed by atoms with van der Waals surface area (Å²) in [6.45, 7) is 0.890. The van der Waals surface area contributed by atoms with Crippen LogP contribution in [-0.4, -0.2) is 38.7 Å². The highest BCUT2D eigenvalue weighted by molar-refractivity contribution is 7.86. The van der Waals surface area contributed by atoms with Crippen LogP contribution in [0, 0.1) is 0 Å². The number of hydrogen-bond acceptors (Lipinski definition) is 6. The van der Waals surface area contributed by atoms with E-state index in [1.54, 1.807) is 36.8 Å². The maximum atomic E-state index is 10.6. The first kappa shape index (κ1) is 30.7. The highest BCUT2D eigenvalue weighted by Crippen LogP contribution is 2.31. The Kier molecular flexibility index (Phi) is 10.6. The van der Waals surface area contributed by atoms with Crippen molar-refractivity contribution in [2.75, 3.05) is 0 Å². The number of carbonyl (C=O) groups is 1. The molecule has 4 aromatic rings.